The van der Waals surface area contributed by atoms with Gasteiger partial charge in [-0.1, -0.05) is 60.2 Å². The highest BCUT2D eigenvalue weighted by Crippen LogP contribution is 2.65. The first-order valence-electron chi connectivity index (χ1n) is 10.5. The standard InChI is InChI=1S/C25H29NO/c1-18-7-9-22(10-8-18)24-12-20-11-21(13-24)15-25(14-20,17-24)23(27)26-16-19-5-3-2-4-6-19/h2-10,20-21H,11-17H2,1H3,(H,26,27). The molecule has 2 aromatic carbocycles. The fraction of sp³-hybridized carbons (Fsp3) is 0.480. The summed E-state index contributed by atoms with van der Waals surface area (Å²) in [4.78, 5) is 13.4. The molecule has 4 saturated carbocycles. The van der Waals surface area contributed by atoms with Crippen molar-refractivity contribution in [2.45, 2.75) is 57.4 Å². The average Bonchev–Trinajstić information content (AvgIpc) is 2.66. The fourth-order valence-electron chi connectivity index (χ4n) is 6.74. The lowest BCUT2D eigenvalue weighted by Crippen LogP contribution is -2.59. The normalized spacial score (nSPS) is 33.8. The highest BCUT2D eigenvalue weighted by Gasteiger charge is 2.60. The number of aryl methyl sites for hydroxylation is 1. The molecular formula is C25H29NO. The smallest absolute Gasteiger partial charge is 0.226 e. The van der Waals surface area contributed by atoms with Crippen molar-refractivity contribution in [2.24, 2.45) is 17.3 Å². The second-order valence-corrected chi connectivity index (χ2v) is 9.56. The first kappa shape index (κ1) is 17.0. The number of hydrogen-bond donors (Lipinski definition) is 1. The zero-order chi connectivity index (χ0) is 18.5. The highest BCUT2D eigenvalue weighted by molar-refractivity contribution is 5.83. The molecule has 140 valence electrons. The van der Waals surface area contributed by atoms with E-state index in [1.54, 1.807) is 0 Å². The first-order chi connectivity index (χ1) is 13.1. The van der Waals surface area contributed by atoms with Crippen molar-refractivity contribution in [1.82, 2.24) is 5.32 Å². The van der Waals surface area contributed by atoms with Gasteiger partial charge in [0.25, 0.3) is 0 Å². The van der Waals surface area contributed by atoms with Crippen LogP contribution in [0.1, 0.15) is 55.2 Å². The third-order valence-electron chi connectivity index (χ3n) is 7.50. The Balaban J connectivity index is 1.41. The van der Waals surface area contributed by atoms with Gasteiger partial charge in [-0.3, -0.25) is 4.79 Å². The Labute approximate surface area is 162 Å². The van der Waals surface area contributed by atoms with Gasteiger partial charge in [-0.15, -0.1) is 0 Å². The van der Waals surface area contributed by atoms with Gasteiger partial charge in [0, 0.05) is 6.54 Å². The molecule has 4 aliphatic rings. The Morgan fingerprint density at radius 3 is 2.30 bits per heavy atom. The molecule has 0 saturated heterocycles. The van der Waals surface area contributed by atoms with Crippen LogP contribution in [-0.4, -0.2) is 5.91 Å². The Kier molecular flexibility index (Phi) is 3.93. The van der Waals surface area contributed by atoms with Crippen molar-refractivity contribution in [1.29, 1.82) is 0 Å². The fourth-order valence-corrected chi connectivity index (χ4v) is 6.74. The van der Waals surface area contributed by atoms with E-state index in [-0.39, 0.29) is 10.8 Å². The lowest BCUT2D eigenvalue weighted by molar-refractivity contribution is -0.149. The predicted octanol–water partition coefficient (Wildman–Crippen LogP) is 5.15. The summed E-state index contributed by atoms with van der Waals surface area (Å²) >= 11 is 0. The van der Waals surface area contributed by atoms with Crippen LogP contribution in [0.4, 0.5) is 0 Å². The van der Waals surface area contributed by atoms with Gasteiger partial charge in [-0.2, -0.15) is 0 Å². The number of nitrogens with one attached hydrogen (secondary N) is 1. The summed E-state index contributed by atoms with van der Waals surface area (Å²) in [5, 5.41) is 3.29. The average molecular weight is 360 g/mol. The molecule has 2 aromatic rings. The molecule has 6 rings (SSSR count). The van der Waals surface area contributed by atoms with E-state index in [1.165, 1.54) is 36.0 Å². The lowest BCUT2D eigenvalue weighted by atomic mass is 9.42. The summed E-state index contributed by atoms with van der Waals surface area (Å²) < 4.78 is 0. The Bertz CT molecular complexity index is 824. The zero-order valence-electron chi connectivity index (χ0n) is 16.2. The molecule has 4 fully saturated rings. The van der Waals surface area contributed by atoms with Gasteiger partial charge in [0.2, 0.25) is 5.91 Å². The van der Waals surface area contributed by atoms with E-state index in [0.717, 1.165) is 31.1 Å². The van der Waals surface area contributed by atoms with Crippen molar-refractivity contribution < 1.29 is 4.79 Å². The molecule has 0 radical (unpaired) electrons. The van der Waals surface area contributed by atoms with E-state index in [4.69, 9.17) is 0 Å². The van der Waals surface area contributed by atoms with E-state index in [2.05, 4.69) is 48.6 Å². The molecule has 4 bridgehead atoms. The monoisotopic (exact) mass is 359 g/mol. The van der Waals surface area contributed by atoms with Crippen LogP contribution < -0.4 is 5.32 Å². The summed E-state index contributed by atoms with van der Waals surface area (Å²) in [5.74, 6) is 1.74. The molecule has 0 spiro atoms. The molecule has 0 aromatic heterocycles. The number of amides is 1. The third-order valence-corrected chi connectivity index (χ3v) is 7.50. The Morgan fingerprint density at radius 1 is 0.963 bits per heavy atom. The van der Waals surface area contributed by atoms with Crippen LogP contribution in [-0.2, 0) is 16.8 Å². The summed E-state index contributed by atoms with van der Waals surface area (Å²) in [6.45, 7) is 2.80. The van der Waals surface area contributed by atoms with Crippen molar-refractivity contribution in [3.63, 3.8) is 0 Å². The van der Waals surface area contributed by atoms with Crippen molar-refractivity contribution in [3.8, 4) is 0 Å². The van der Waals surface area contributed by atoms with Crippen LogP contribution in [0.25, 0.3) is 0 Å². The van der Waals surface area contributed by atoms with Gasteiger partial charge in [0.1, 0.15) is 0 Å². The van der Waals surface area contributed by atoms with Crippen LogP contribution in [0.2, 0.25) is 0 Å². The van der Waals surface area contributed by atoms with Crippen LogP contribution >= 0.6 is 0 Å². The summed E-state index contributed by atoms with van der Waals surface area (Å²) in [6, 6.07) is 19.4. The zero-order valence-corrected chi connectivity index (χ0v) is 16.2. The van der Waals surface area contributed by atoms with Crippen LogP contribution in [0.3, 0.4) is 0 Å². The maximum absolute atomic E-state index is 13.4. The maximum Gasteiger partial charge on any atom is 0.226 e. The van der Waals surface area contributed by atoms with Gasteiger partial charge >= 0.3 is 0 Å². The molecule has 1 N–H and O–H groups in total. The van der Waals surface area contributed by atoms with Crippen LogP contribution in [0.5, 0.6) is 0 Å². The minimum absolute atomic E-state index is 0.149. The molecule has 2 heteroatoms. The van der Waals surface area contributed by atoms with Crippen LogP contribution in [0.15, 0.2) is 54.6 Å². The minimum atomic E-state index is -0.149. The van der Waals surface area contributed by atoms with Gasteiger partial charge in [0.15, 0.2) is 0 Å². The number of benzene rings is 2. The Morgan fingerprint density at radius 2 is 1.63 bits per heavy atom. The van der Waals surface area contributed by atoms with Crippen LogP contribution in [0, 0.1) is 24.2 Å². The van der Waals surface area contributed by atoms with E-state index < -0.39 is 0 Å². The van der Waals surface area contributed by atoms with Crippen molar-refractivity contribution >= 4 is 5.91 Å². The van der Waals surface area contributed by atoms with E-state index in [9.17, 15) is 4.79 Å². The summed E-state index contributed by atoms with van der Waals surface area (Å²) in [7, 11) is 0. The molecule has 0 heterocycles. The topological polar surface area (TPSA) is 29.1 Å². The molecular weight excluding hydrogens is 330 g/mol. The van der Waals surface area contributed by atoms with E-state index >= 15 is 0 Å². The second kappa shape index (κ2) is 6.22. The van der Waals surface area contributed by atoms with Crippen molar-refractivity contribution in [3.05, 3.63) is 71.3 Å². The minimum Gasteiger partial charge on any atom is -0.352 e. The molecule has 27 heavy (non-hydrogen) atoms. The quantitative estimate of drug-likeness (QED) is 0.804. The van der Waals surface area contributed by atoms with Gasteiger partial charge < -0.3 is 5.32 Å². The van der Waals surface area contributed by atoms with Gasteiger partial charge in [0.05, 0.1) is 5.41 Å². The first-order valence-corrected chi connectivity index (χ1v) is 10.5. The second-order valence-electron chi connectivity index (χ2n) is 9.56. The number of carbonyl (C=O) groups is 1. The lowest BCUT2D eigenvalue weighted by Gasteiger charge is -2.61. The summed E-state index contributed by atoms with van der Waals surface area (Å²) in [5.41, 5.74) is 4.05. The SMILES string of the molecule is Cc1ccc(C23CC4CC(CC(C(=O)NCc5ccccc5)(C4)C2)C3)cc1. The molecule has 1 amide bonds. The molecule has 0 aliphatic heterocycles. The Hall–Kier alpha value is -2.09. The molecule has 4 aliphatic carbocycles. The largest absolute Gasteiger partial charge is 0.352 e. The number of carbonyl (C=O) groups excluding carboxylic acids is 1. The van der Waals surface area contributed by atoms with E-state index in [1.807, 2.05) is 18.2 Å². The van der Waals surface area contributed by atoms with Gasteiger partial charge in [-0.25, -0.2) is 0 Å². The third kappa shape index (κ3) is 2.90. The highest BCUT2D eigenvalue weighted by atomic mass is 16.2. The number of hydrogen-bond acceptors (Lipinski definition) is 1. The van der Waals surface area contributed by atoms with Gasteiger partial charge in [-0.05, 0) is 73.8 Å². The molecule has 2 unspecified atom stereocenters. The van der Waals surface area contributed by atoms with E-state index in [0.29, 0.717) is 12.5 Å². The number of rotatable bonds is 4. The summed E-state index contributed by atoms with van der Waals surface area (Å²) in [6.07, 6.45) is 7.12. The van der Waals surface area contributed by atoms with Crippen molar-refractivity contribution in [2.75, 3.05) is 0 Å². The molecule has 2 nitrogen and oxygen atoms in total. The predicted molar refractivity (Wildman–Crippen MR) is 108 cm³/mol. The molecule has 2 atom stereocenters. The maximum atomic E-state index is 13.4.